The van der Waals surface area contributed by atoms with Gasteiger partial charge in [0, 0.05) is 11.1 Å². The highest BCUT2D eigenvalue weighted by atomic mass is 32.1. The van der Waals surface area contributed by atoms with Crippen LogP contribution in [0.15, 0.2) is 5.38 Å². The molecule has 0 spiro atoms. The van der Waals surface area contributed by atoms with Crippen LogP contribution >= 0.6 is 11.3 Å². The highest BCUT2D eigenvalue weighted by molar-refractivity contribution is 7.09. The summed E-state index contributed by atoms with van der Waals surface area (Å²) in [5.74, 6) is -0.864. The highest BCUT2D eigenvalue weighted by Crippen LogP contribution is 2.26. The predicted molar refractivity (Wildman–Crippen MR) is 51.0 cm³/mol. The molecule has 1 aliphatic heterocycles. The lowest BCUT2D eigenvalue weighted by Gasteiger charge is -2.11. The molecule has 0 amide bonds. The maximum absolute atomic E-state index is 11.1. The molecular formula is C9H9NO4S. The fourth-order valence-corrected chi connectivity index (χ4v) is 1.91. The van der Waals surface area contributed by atoms with E-state index in [2.05, 4.69) is 4.98 Å². The van der Waals surface area contributed by atoms with E-state index in [1.807, 2.05) is 12.3 Å². The first-order chi connectivity index (χ1) is 7.15. The second-order valence-corrected chi connectivity index (χ2v) is 4.03. The van der Waals surface area contributed by atoms with Gasteiger partial charge in [0.2, 0.25) is 0 Å². The number of hydrogen-bond donors (Lipinski definition) is 0. The van der Waals surface area contributed by atoms with E-state index in [0.29, 0.717) is 5.01 Å². The first-order valence-corrected chi connectivity index (χ1v) is 5.34. The topological polar surface area (TPSA) is 65.5 Å². The van der Waals surface area contributed by atoms with E-state index >= 15 is 0 Å². The highest BCUT2D eigenvalue weighted by Gasteiger charge is 2.27. The van der Waals surface area contributed by atoms with Crippen LogP contribution in [0.3, 0.4) is 0 Å². The van der Waals surface area contributed by atoms with Crippen molar-refractivity contribution in [3.8, 4) is 0 Å². The number of ether oxygens (including phenoxy) is 2. The van der Waals surface area contributed by atoms with E-state index in [1.165, 1.54) is 11.3 Å². The van der Waals surface area contributed by atoms with Gasteiger partial charge in [-0.25, -0.2) is 4.98 Å². The summed E-state index contributed by atoms with van der Waals surface area (Å²) in [6, 6.07) is 0. The van der Waals surface area contributed by atoms with Gasteiger partial charge in [-0.15, -0.1) is 11.3 Å². The van der Waals surface area contributed by atoms with Gasteiger partial charge >= 0.3 is 11.9 Å². The molecule has 0 aromatic carbocycles. The minimum Gasteiger partial charge on any atom is -0.418 e. The van der Waals surface area contributed by atoms with Gasteiger partial charge in [0.15, 0.2) is 5.01 Å². The van der Waals surface area contributed by atoms with Crippen LogP contribution in [0, 0.1) is 6.92 Å². The van der Waals surface area contributed by atoms with Crippen molar-refractivity contribution in [1.82, 2.24) is 4.98 Å². The molecule has 0 atom stereocenters. The van der Waals surface area contributed by atoms with Crippen LogP contribution in [0.25, 0.3) is 0 Å². The zero-order valence-corrected chi connectivity index (χ0v) is 8.87. The summed E-state index contributed by atoms with van der Waals surface area (Å²) < 4.78 is 9.89. The molecular weight excluding hydrogens is 218 g/mol. The molecule has 0 N–H and O–H groups in total. The minimum atomic E-state index is -0.966. The molecule has 80 valence electrons. The van der Waals surface area contributed by atoms with E-state index in [1.54, 1.807) is 0 Å². The van der Waals surface area contributed by atoms with Crippen molar-refractivity contribution in [2.75, 3.05) is 0 Å². The molecule has 0 bridgehead atoms. The number of hydrogen-bond acceptors (Lipinski definition) is 6. The molecule has 0 radical (unpaired) electrons. The van der Waals surface area contributed by atoms with Crippen LogP contribution in [-0.2, 0) is 19.1 Å². The third-order valence-corrected chi connectivity index (χ3v) is 2.83. The lowest BCUT2D eigenvalue weighted by atomic mass is 10.3. The van der Waals surface area contributed by atoms with Crippen molar-refractivity contribution < 1.29 is 19.1 Å². The van der Waals surface area contributed by atoms with Crippen molar-refractivity contribution in [3.05, 3.63) is 16.1 Å². The second-order valence-electron chi connectivity index (χ2n) is 3.14. The molecule has 5 nitrogen and oxygen atoms in total. The Bertz CT molecular complexity index is 383. The SMILES string of the molecule is Cc1csc(C2OC(=O)CCC(=O)O2)n1. The lowest BCUT2D eigenvalue weighted by Crippen LogP contribution is -2.11. The van der Waals surface area contributed by atoms with Gasteiger partial charge in [-0.05, 0) is 6.92 Å². The molecule has 1 fully saturated rings. The molecule has 2 rings (SSSR count). The summed E-state index contributed by atoms with van der Waals surface area (Å²) in [5, 5.41) is 2.30. The zero-order valence-electron chi connectivity index (χ0n) is 8.06. The van der Waals surface area contributed by atoms with Gasteiger partial charge in [-0.1, -0.05) is 0 Å². The number of carbonyl (C=O) groups excluding carboxylic acids is 2. The Labute approximate surface area is 90.0 Å². The van der Waals surface area contributed by atoms with E-state index in [-0.39, 0.29) is 12.8 Å². The van der Waals surface area contributed by atoms with Crippen LogP contribution in [0.4, 0.5) is 0 Å². The standard InChI is InChI=1S/C9H9NO4S/c1-5-4-15-8(10-5)9-13-6(11)2-3-7(12)14-9/h4,9H,2-3H2,1H3. The number of esters is 2. The maximum atomic E-state index is 11.1. The molecule has 2 heterocycles. The second kappa shape index (κ2) is 3.98. The monoisotopic (exact) mass is 227 g/mol. The Balaban J connectivity index is 2.19. The van der Waals surface area contributed by atoms with Gasteiger partial charge in [0.05, 0.1) is 12.8 Å². The maximum Gasteiger partial charge on any atom is 0.309 e. The average molecular weight is 227 g/mol. The van der Waals surface area contributed by atoms with Gasteiger partial charge in [0.1, 0.15) is 0 Å². The van der Waals surface area contributed by atoms with Crippen LogP contribution in [0.2, 0.25) is 0 Å². The van der Waals surface area contributed by atoms with Gasteiger partial charge < -0.3 is 9.47 Å². The summed E-state index contributed by atoms with van der Waals surface area (Å²) in [5.41, 5.74) is 0.811. The number of rotatable bonds is 1. The Hall–Kier alpha value is -1.43. The molecule has 1 saturated heterocycles. The summed E-state index contributed by atoms with van der Waals surface area (Å²) in [4.78, 5) is 26.4. The Morgan fingerprint density at radius 2 is 1.93 bits per heavy atom. The van der Waals surface area contributed by atoms with Crippen LogP contribution in [0.1, 0.15) is 29.8 Å². The number of nitrogens with zero attached hydrogens (tertiary/aromatic N) is 1. The zero-order chi connectivity index (χ0) is 10.8. The third-order valence-electron chi connectivity index (χ3n) is 1.85. The van der Waals surface area contributed by atoms with Crippen molar-refractivity contribution in [1.29, 1.82) is 0 Å². The summed E-state index contributed by atoms with van der Waals surface area (Å²) in [7, 11) is 0. The quantitative estimate of drug-likeness (QED) is 0.677. The summed E-state index contributed by atoms with van der Waals surface area (Å²) >= 11 is 1.30. The predicted octanol–water partition coefficient (Wildman–Crippen LogP) is 1.33. The number of carbonyl (C=O) groups is 2. The molecule has 1 aromatic rings. The van der Waals surface area contributed by atoms with E-state index in [4.69, 9.17) is 9.47 Å². The van der Waals surface area contributed by atoms with Crippen molar-refractivity contribution >= 4 is 23.3 Å². The van der Waals surface area contributed by atoms with Gasteiger partial charge in [0.25, 0.3) is 6.29 Å². The molecule has 0 saturated carbocycles. The van der Waals surface area contributed by atoms with Crippen LogP contribution in [0.5, 0.6) is 0 Å². The van der Waals surface area contributed by atoms with Crippen LogP contribution in [-0.4, -0.2) is 16.9 Å². The van der Waals surface area contributed by atoms with Crippen molar-refractivity contribution in [2.24, 2.45) is 0 Å². The number of cyclic esters (lactones) is 2. The van der Waals surface area contributed by atoms with Crippen molar-refractivity contribution in [3.63, 3.8) is 0 Å². The first kappa shape index (κ1) is 10.1. The van der Waals surface area contributed by atoms with Crippen molar-refractivity contribution in [2.45, 2.75) is 26.1 Å². The fraction of sp³-hybridized carbons (Fsp3) is 0.444. The molecule has 6 heteroatoms. The van der Waals surface area contributed by atoms with Gasteiger partial charge in [-0.3, -0.25) is 9.59 Å². The largest absolute Gasteiger partial charge is 0.418 e. The normalized spacial score (nSPS) is 18.2. The lowest BCUT2D eigenvalue weighted by molar-refractivity contribution is -0.182. The molecule has 1 aliphatic rings. The van der Waals surface area contributed by atoms with E-state index < -0.39 is 18.2 Å². The molecule has 1 aromatic heterocycles. The van der Waals surface area contributed by atoms with E-state index in [9.17, 15) is 9.59 Å². The first-order valence-electron chi connectivity index (χ1n) is 4.46. The number of aryl methyl sites for hydroxylation is 1. The summed E-state index contributed by atoms with van der Waals surface area (Å²) in [6.07, 6.45) is -0.828. The Morgan fingerprint density at radius 3 is 2.40 bits per heavy atom. The number of thiazole rings is 1. The molecule has 0 aliphatic carbocycles. The fourth-order valence-electron chi connectivity index (χ4n) is 1.17. The van der Waals surface area contributed by atoms with Crippen LogP contribution < -0.4 is 0 Å². The summed E-state index contributed by atoms with van der Waals surface area (Å²) in [6.45, 7) is 1.82. The smallest absolute Gasteiger partial charge is 0.309 e. The molecule has 15 heavy (non-hydrogen) atoms. The van der Waals surface area contributed by atoms with E-state index in [0.717, 1.165) is 5.69 Å². The third kappa shape index (κ3) is 2.33. The number of aromatic nitrogens is 1. The Kier molecular flexibility index (Phi) is 2.68. The minimum absolute atomic E-state index is 0.0691. The molecule has 0 unspecified atom stereocenters. The van der Waals surface area contributed by atoms with Gasteiger partial charge in [-0.2, -0.15) is 0 Å². The average Bonchev–Trinajstić information content (AvgIpc) is 2.53. The Morgan fingerprint density at radius 1 is 1.33 bits per heavy atom.